The van der Waals surface area contributed by atoms with Crippen molar-refractivity contribution in [3.8, 4) is 0 Å². The fourth-order valence-corrected chi connectivity index (χ4v) is 3.63. The van der Waals surface area contributed by atoms with Crippen LogP contribution in [0.4, 0.5) is 5.82 Å². The largest absolute Gasteiger partial charge is 0.356 e. The number of piperidine rings is 1. The van der Waals surface area contributed by atoms with Crippen LogP contribution in [0, 0.1) is 5.92 Å². The van der Waals surface area contributed by atoms with Crippen molar-refractivity contribution >= 4 is 27.7 Å². The van der Waals surface area contributed by atoms with Crippen molar-refractivity contribution in [2.75, 3.05) is 31.6 Å². The van der Waals surface area contributed by atoms with Gasteiger partial charge in [0.25, 0.3) is 5.91 Å². The Bertz CT molecular complexity index is 709. The second-order valence-corrected chi connectivity index (χ2v) is 7.20. The predicted molar refractivity (Wildman–Crippen MR) is 97.0 cm³/mol. The van der Waals surface area contributed by atoms with Gasteiger partial charge in [-0.15, -0.1) is 0 Å². The number of halogens is 1. The Morgan fingerprint density at radius 1 is 1.38 bits per heavy atom. The Labute approximate surface area is 150 Å². The van der Waals surface area contributed by atoms with Crippen LogP contribution in [0.1, 0.15) is 23.3 Å². The summed E-state index contributed by atoms with van der Waals surface area (Å²) in [5.41, 5.74) is 0.509. The highest BCUT2D eigenvalue weighted by Crippen LogP contribution is 2.28. The molecule has 3 heterocycles. The number of hydrogen-bond donors (Lipinski definition) is 0. The van der Waals surface area contributed by atoms with Gasteiger partial charge in [-0.25, -0.2) is 9.97 Å². The van der Waals surface area contributed by atoms with E-state index < -0.39 is 0 Å². The minimum Gasteiger partial charge on any atom is -0.356 e. The number of carbonyl (C=O) groups is 1. The Kier molecular flexibility index (Phi) is 5.18. The van der Waals surface area contributed by atoms with Gasteiger partial charge in [-0.05, 0) is 46.8 Å². The molecule has 0 atom stereocenters. The molecule has 0 bridgehead atoms. The number of rotatable bonds is 4. The molecule has 0 aliphatic carbocycles. The standard InChI is InChI=1S/C17H22BrN5O/c1-21-11-15(20-12-21)17(24)22(2)10-13-5-8-23(9-6-13)16-14(18)4-3-7-19-16/h3-4,7,11-13H,5-6,8-10H2,1-2H3. The molecule has 1 amide bonds. The van der Waals surface area contributed by atoms with E-state index >= 15 is 0 Å². The summed E-state index contributed by atoms with van der Waals surface area (Å²) in [6.45, 7) is 2.70. The van der Waals surface area contributed by atoms with Gasteiger partial charge in [0.15, 0.2) is 0 Å². The van der Waals surface area contributed by atoms with Crippen molar-refractivity contribution in [1.29, 1.82) is 0 Å². The lowest BCUT2D eigenvalue weighted by Gasteiger charge is -2.34. The Balaban J connectivity index is 1.53. The Morgan fingerprint density at radius 3 is 2.75 bits per heavy atom. The number of nitrogens with zero attached hydrogens (tertiary/aromatic N) is 5. The van der Waals surface area contributed by atoms with E-state index in [2.05, 4.69) is 30.8 Å². The lowest BCUT2D eigenvalue weighted by Crippen LogP contribution is -2.40. The fraction of sp³-hybridized carbons (Fsp3) is 0.471. The summed E-state index contributed by atoms with van der Waals surface area (Å²) in [5.74, 6) is 1.51. The molecule has 1 fully saturated rings. The Hall–Kier alpha value is -1.89. The van der Waals surface area contributed by atoms with Crippen molar-refractivity contribution in [3.63, 3.8) is 0 Å². The number of hydrogen-bond acceptors (Lipinski definition) is 4. The van der Waals surface area contributed by atoms with E-state index in [9.17, 15) is 4.79 Å². The van der Waals surface area contributed by atoms with Gasteiger partial charge in [0.1, 0.15) is 11.5 Å². The van der Waals surface area contributed by atoms with E-state index in [0.29, 0.717) is 11.6 Å². The highest BCUT2D eigenvalue weighted by molar-refractivity contribution is 9.10. The van der Waals surface area contributed by atoms with Crippen molar-refractivity contribution < 1.29 is 4.79 Å². The first-order valence-corrected chi connectivity index (χ1v) is 8.93. The monoisotopic (exact) mass is 391 g/mol. The first kappa shape index (κ1) is 17.0. The molecule has 7 heteroatoms. The van der Waals surface area contributed by atoms with E-state index in [4.69, 9.17) is 0 Å². The van der Waals surface area contributed by atoms with Crippen LogP contribution in [0.3, 0.4) is 0 Å². The molecule has 1 saturated heterocycles. The number of anilines is 1. The summed E-state index contributed by atoms with van der Waals surface area (Å²) in [6, 6.07) is 3.95. The third-order valence-electron chi connectivity index (χ3n) is 4.46. The quantitative estimate of drug-likeness (QED) is 0.803. The van der Waals surface area contributed by atoms with Gasteiger partial charge in [-0.3, -0.25) is 4.79 Å². The van der Waals surface area contributed by atoms with Crippen LogP contribution in [0.15, 0.2) is 35.3 Å². The maximum Gasteiger partial charge on any atom is 0.273 e. The molecule has 128 valence electrons. The van der Waals surface area contributed by atoms with Crippen LogP contribution in [0.2, 0.25) is 0 Å². The average Bonchev–Trinajstić information content (AvgIpc) is 3.02. The SMILES string of the molecule is CN(CC1CCN(c2ncccc2Br)CC1)C(=O)c1cn(C)cn1. The van der Waals surface area contributed by atoms with Crippen LogP contribution < -0.4 is 4.90 Å². The molecule has 6 nitrogen and oxygen atoms in total. The molecule has 2 aromatic rings. The molecule has 0 radical (unpaired) electrons. The number of aryl methyl sites for hydroxylation is 1. The van der Waals surface area contributed by atoms with Gasteiger partial charge < -0.3 is 14.4 Å². The van der Waals surface area contributed by atoms with Crippen LogP contribution in [-0.4, -0.2) is 52.0 Å². The van der Waals surface area contributed by atoms with Crippen molar-refractivity contribution in [3.05, 3.63) is 41.0 Å². The van der Waals surface area contributed by atoms with Crippen LogP contribution in [0.25, 0.3) is 0 Å². The van der Waals surface area contributed by atoms with Crippen molar-refractivity contribution in [1.82, 2.24) is 19.4 Å². The summed E-state index contributed by atoms with van der Waals surface area (Å²) in [6.07, 6.45) is 7.36. The molecule has 2 aromatic heterocycles. The number of amides is 1. The highest BCUT2D eigenvalue weighted by Gasteiger charge is 2.24. The molecule has 1 aliphatic rings. The first-order valence-electron chi connectivity index (χ1n) is 8.13. The molecular weight excluding hydrogens is 370 g/mol. The van der Waals surface area contributed by atoms with Gasteiger partial charge >= 0.3 is 0 Å². The summed E-state index contributed by atoms with van der Waals surface area (Å²) in [4.78, 5) is 25.1. The van der Waals surface area contributed by atoms with Crippen LogP contribution >= 0.6 is 15.9 Å². The second-order valence-electron chi connectivity index (χ2n) is 6.35. The van der Waals surface area contributed by atoms with E-state index in [1.165, 1.54) is 0 Å². The minimum atomic E-state index is -0.00880. The number of carbonyl (C=O) groups excluding carboxylic acids is 1. The average molecular weight is 392 g/mol. The molecule has 0 unspecified atom stereocenters. The van der Waals surface area contributed by atoms with Crippen molar-refractivity contribution in [2.24, 2.45) is 13.0 Å². The highest BCUT2D eigenvalue weighted by atomic mass is 79.9. The molecule has 0 spiro atoms. The summed E-state index contributed by atoms with van der Waals surface area (Å²) in [5, 5.41) is 0. The third-order valence-corrected chi connectivity index (χ3v) is 5.07. The lowest BCUT2D eigenvalue weighted by molar-refractivity contribution is 0.0759. The van der Waals surface area contributed by atoms with E-state index in [0.717, 1.165) is 42.8 Å². The fourth-order valence-electron chi connectivity index (χ4n) is 3.13. The molecule has 3 rings (SSSR count). The number of aromatic nitrogens is 3. The van der Waals surface area contributed by atoms with Crippen molar-refractivity contribution in [2.45, 2.75) is 12.8 Å². The number of pyridine rings is 1. The van der Waals surface area contributed by atoms with Gasteiger partial charge in [0.2, 0.25) is 0 Å². The maximum atomic E-state index is 12.4. The van der Waals surface area contributed by atoms with E-state index in [-0.39, 0.29) is 5.91 Å². The molecule has 1 aliphatic heterocycles. The number of imidazole rings is 1. The smallest absolute Gasteiger partial charge is 0.273 e. The summed E-state index contributed by atoms with van der Waals surface area (Å²) in [7, 11) is 3.73. The normalized spacial score (nSPS) is 15.5. The third kappa shape index (κ3) is 3.77. The molecular formula is C17H22BrN5O. The zero-order valence-corrected chi connectivity index (χ0v) is 15.6. The first-order chi connectivity index (χ1) is 11.5. The minimum absolute atomic E-state index is 0.00880. The molecule has 0 N–H and O–H groups in total. The molecule has 0 saturated carbocycles. The van der Waals surface area contributed by atoms with Gasteiger partial charge in [-0.2, -0.15) is 0 Å². The van der Waals surface area contributed by atoms with Crippen LogP contribution in [-0.2, 0) is 7.05 Å². The van der Waals surface area contributed by atoms with E-state index in [1.54, 1.807) is 22.0 Å². The second kappa shape index (κ2) is 7.34. The zero-order valence-electron chi connectivity index (χ0n) is 14.0. The molecule has 24 heavy (non-hydrogen) atoms. The van der Waals surface area contributed by atoms with Gasteiger partial charge in [0, 0.05) is 46.1 Å². The summed E-state index contributed by atoms with van der Waals surface area (Å²) < 4.78 is 2.83. The van der Waals surface area contributed by atoms with E-state index in [1.807, 2.05) is 32.4 Å². The summed E-state index contributed by atoms with van der Waals surface area (Å²) >= 11 is 3.57. The van der Waals surface area contributed by atoms with Gasteiger partial charge in [0.05, 0.1) is 10.8 Å². The van der Waals surface area contributed by atoms with Crippen LogP contribution in [0.5, 0.6) is 0 Å². The maximum absolute atomic E-state index is 12.4. The predicted octanol–water partition coefficient (Wildman–Crippen LogP) is 2.57. The lowest BCUT2D eigenvalue weighted by atomic mass is 9.96. The Morgan fingerprint density at radius 2 is 2.12 bits per heavy atom. The topological polar surface area (TPSA) is 54.3 Å². The molecule has 0 aromatic carbocycles. The zero-order chi connectivity index (χ0) is 17.1. The van der Waals surface area contributed by atoms with Gasteiger partial charge in [-0.1, -0.05) is 0 Å².